The monoisotopic (exact) mass is 161 g/mol. The summed E-state index contributed by atoms with van der Waals surface area (Å²) in [5.74, 6) is -0.711. The van der Waals surface area contributed by atoms with Gasteiger partial charge in [-0.1, -0.05) is 6.92 Å². The van der Waals surface area contributed by atoms with Gasteiger partial charge >= 0.3 is 5.97 Å². The van der Waals surface area contributed by atoms with Crippen LogP contribution in [0.1, 0.15) is 19.8 Å². The van der Waals surface area contributed by atoms with Gasteiger partial charge < -0.3 is 10.0 Å². The van der Waals surface area contributed by atoms with Gasteiger partial charge in [-0.25, -0.2) is 0 Å². The molecule has 66 valence electrons. The summed E-state index contributed by atoms with van der Waals surface area (Å²) in [6, 6.07) is 0. The lowest BCUT2D eigenvalue weighted by Gasteiger charge is -1.93. The second-order valence-electron chi connectivity index (χ2n) is 2.21. The lowest BCUT2D eigenvalue weighted by molar-refractivity contribution is -0.137. The largest absolute Gasteiger partial charge is 0.481 e. The minimum atomic E-state index is -0.711. The molecule has 0 aliphatic carbocycles. The van der Waals surface area contributed by atoms with Crippen molar-refractivity contribution in [3.05, 3.63) is 0 Å². The Bertz CT molecular complexity index is 112. The van der Waals surface area contributed by atoms with Crippen molar-refractivity contribution in [2.24, 2.45) is 0 Å². The number of amides is 1. The zero-order valence-electron chi connectivity index (χ0n) is 7.20. The molecule has 0 spiro atoms. The molecule has 0 rings (SSSR count). The van der Waals surface area contributed by atoms with Crippen molar-refractivity contribution in [1.29, 1.82) is 0 Å². The van der Waals surface area contributed by atoms with Crippen molar-refractivity contribution in [2.45, 2.75) is 19.8 Å². The van der Waals surface area contributed by atoms with Gasteiger partial charge in [0.1, 0.15) is 0 Å². The molecule has 0 saturated heterocycles. The van der Waals surface area contributed by atoms with Gasteiger partial charge in [-0.05, 0) is 6.42 Å². The van der Waals surface area contributed by atoms with Gasteiger partial charge in [0.15, 0.2) is 0 Å². The summed E-state index contributed by atoms with van der Waals surface area (Å²) in [5.41, 5.74) is 0. The molecule has 0 aromatic heterocycles. The van der Waals surface area contributed by atoms with E-state index in [1.807, 2.05) is 6.92 Å². The van der Waals surface area contributed by atoms with Gasteiger partial charge in [0.2, 0.25) is 6.41 Å². The molecule has 11 heavy (non-hydrogen) atoms. The average molecular weight is 161 g/mol. The number of aliphatic carboxylic acids is 1. The molecule has 0 bridgehead atoms. The Morgan fingerprint density at radius 2 is 1.91 bits per heavy atom. The first-order chi connectivity index (χ1) is 5.04. The number of carbonyl (C=O) groups excluding carboxylic acids is 1. The normalized spacial score (nSPS) is 7.55. The highest BCUT2D eigenvalue weighted by atomic mass is 16.4. The number of carboxylic acids is 1. The van der Waals surface area contributed by atoms with E-state index in [4.69, 9.17) is 5.11 Å². The fourth-order valence-corrected chi connectivity index (χ4v) is 0.214. The quantitative estimate of drug-likeness (QED) is 0.616. The Morgan fingerprint density at radius 1 is 1.55 bits per heavy atom. The van der Waals surface area contributed by atoms with E-state index in [0.29, 0.717) is 6.42 Å². The fraction of sp³-hybridized carbons (Fsp3) is 0.714. The van der Waals surface area contributed by atoms with Crippen molar-refractivity contribution < 1.29 is 14.7 Å². The predicted octanol–water partition coefficient (Wildman–Crippen LogP) is 0.576. The van der Waals surface area contributed by atoms with Gasteiger partial charge in [-0.3, -0.25) is 9.59 Å². The van der Waals surface area contributed by atoms with Crippen LogP contribution in [0.4, 0.5) is 0 Å². The molecule has 0 aromatic rings. The minimum absolute atomic E-state index is 0.292. The number of nitrogens with zero attached hydrogens (tertiary/aromatic N) is 1. The number of carbonyl (C=O) groups is 2. The van der Waals surface area contributed by atoms with E-state index in [1.54, 1.807) is 14.1 Å². The standard InChI is InChI=1S/C4H8O2.C3H7NO/c1-2-3-4(5)6;1-4(2)3-5/h2-3H2,1H3,(H,5,6);3H,1-2H3. The molecule has 4 nitrogen and oxygen atoms in total. The highest BCUT2D eigenvalue weighted by Crippen LogP contribution is 1.82. The van der Waals surface area contributed by atoms with E-state index in [2.05, 4.69) is 0 Å². The third kappa shape index (κ3) is 27.7. The van der Waals surface area contributed by atoms with Crippen LogP contribution in [0, 0.1) is 0 Å². The smallest absolute Gasteiger partial charge is 0.303 e. The van der Waals surface area contributed by atoms with Crippen molar-refractivity contribution in [2.75, 3.05) is 14.1 Å². The van der Waals surface area contributed by atoms with Gasteiger partial charge in [0.25, 0.3) is 0 Å². The van der Waals surface area contributed by atoms with E-state index in [0.717, 1.165) is 12.8 Å². The van der Waals surface area contributed by atoms with Crippen LogP contribution in [0.15, 0.2) is 0 Å². The molecular formula is C7H15NO3. The Balaban J connectivity index is 0. The van der Waals surface area contributed by atoms with Crippen LogP contribution in [-0.4, -0.2) is 36.5 Å². The molecular weight excluding hydrogens is 146 g/mol. The van der Waals surface area contributed by atoms with Gasteiger partial charge in [-0.15, -0.1) is 0 Å². The molecule has 0 fully saturated rings. The van der Waals surface area contributed by atoms with E-state index in [9.17, 15) is 9.59 Å². The Labute approximate surface area is 66.8 Å². The molecule has 1 N–H and O–H groups in total. The van der Waals surface area contributed by atoms with Gasteiger partial charge in [0, 0.05) is 20.5 Å². The second kappa shape index (κ2) is 8.94. The highest BCUT2D eigenvalue weighted by Gasteiger charge is 1.87. The van der Waals surface area contributed by atoms with Crippen LogP contribution in [0.25, 0.3) is 0 Å². The van der Waals surface area contributed by atoms with E-state index >= 15 is 0 Å². The highest BCUT2D eigenvalue weighted by molar-refractivity contribution is 5.66. The van der Waals surface area contributed by atoms with Crippen molar-refractivity contribution >= 4 is 12.4 Å². The van der Waals surface area contributed by atoms with Crippen LogP contribution < -0.4 is 0 Å². The molecule has 0 radical (unpaired) electrons. The van der Waals surface area contributed by atoms with Crippen LogP contribution in [-0.2, 0) is 9.59 Å². The zero-order chi connectivity index (χ0) is 9.28. The SMILES string of the molecule is CCCC(=O)O.CN(C)C=O. The van der Waals surface area contributed by atoms with Crippen molar-refractivity contribution in [3.63, 3.8) is 0 Å². The van der Waals surface area contributed by atoms with Gasteiger partial charge in [-0.2, -0.15) is 0 Å². The van der Waals surface area contributed by atoms with E-state index in [-0.39, 0.29) is 0 Å². The van der Waals surface area contributed by atoms with Crippen LogP contribution in [0.3, 0.4) is 0 Å². The average Bonchev–Trinajstić information content (AvgIpc) is 1.89. The maximum absolute atomic E-state index is 9.60. The first-order valence-corrected chi connectivity index (χ1v) is 3.38. The number of hydrogen-bond donors (Lipinski definition) is 1. The summed E-state index contributed by atoms with van der Waals surface area (Å²) >= 11 is 0. The topological polar surface area (TPSA) is 57.6 Å². The summed E-state index contributed by atoms with van der Waals surface area (Å²) in [6.07, 6.45) is 1.77. The van der Waals surface area contributed by atoms with Gasteiger partial charge in [0.05, 0.1) is 0 Å². The summed E-state index contributed by atoms with van der Waals surface area (Å²) < 4.78 is 0. The Kier molecular flexibility index (Phi) is 10.2. The maximum Gasteiger partial charge on any atom is 0.303 e. The summed E-state index contributed by atoms with van der Waals surface area (Å²) in [7, 11) is 3.38. The Morgan fingerprint density at radius 3 is 1.91 bits per heavy atom. The lowest BCUT2D eigenvalue weighted by atomic mass is 10.4. The molecule has 0 aliphatic rings. The first-order valence-electron chi connectivity index (χ1n) is 3.38. The predicted molar refractivity (Wildman–Crippen MR) is 42.3 cm³/mol. The molecule has 4 heteroatoms. The summed E-state index contributed by atoms with van der Waals surface area (Å²) in [4.78, 5) is 20.5. The van der Waals surface area contributed by atoms with Crippen molar-refractivity contribution in [1.82, 2.24) is 4.90 Å². The molecule has 0 aliphatic heterocycles. The summed E-state index contributed by atoms with van der Waals surface area (Å²) in [6.45, 7) is 1.84. The molecule has 0 atom stereocenters. The molecule has 0 heterocycles. The van der Waals surface area contributed by atoms with Crippen LogP contribution in [0.2, 0.25) is 0 Å². The third-order valence-corrected chi connectivity index (χ3v) is 0.675. The van der Waals surface area contributed by atoms with Crippen LogP contribution in [0.5, 0.6) is 0 Å². The first kappa shape index (κ1) is 12.6. The van der Waals surface area contributed by atoms with E-state index < -0.39 is 5.97 Å². The minimum Gasteiger partial charge on any atom is -0.481 e. The van der Waals surface area contributed by atoms with Crippen LogP contribution >= 0.6 is 0 Å². The number of carboxylic acid groups (broad SMARTS) is 1. The second-order valence-corrected chi connectivity index (χ2v) is 2.21. The number of rotatable bonds is 3. The Hall–Kier alpha value is -1.06. The maximum atomic E-state index is 9.60. The lowest BCUT2D eigenvalue weighted by Crippen LogP contribution is -2.06. The zero-order valence-corrected chi connectivity index (χ0v) is 7.20. The fourth-order valence-electron chi connectivity index (χ4n) is 0.214. The molecule has 0 saturated carbocycles. The summed E-state index contributed by atoms with van der Waals surface area (Å²) in [5, 5.41) is 7.91. The third-order valence-electron chi connectivity index (χ3n) is 0.675. The van der Waals surface area contributed by atoms with E-state index in [1.165, 1.54) is 4.90 Å². The molecule has 0 aromatic carbocycles. The molecule has 1 amide bonds. The van der Waals surface area contributed by atoms with Crippen molar-refractivity contribution in [3.8, 4) is 0 Å². The molecule has 0 unspecified atom stereocenters. The number of hydrogen-bond acceptors (Lipinski definition) is 2.